The molecule has 0 aromatic heterocycles. The van der Waals surface area contributed by atoms with Crippen molar-refractivity contribution >= 4 is 23.5 Å². The van der Waals surface area contributed by atoms with E-state index in [1.54, 1.807) is 18.3 Å². The van der Waals surface area contributed by atoms with Crippen molar-refractivity contribution in [2.45, 2.75) is 19.8 Å². The predicted molar refractivity (Wildman–Crippen MR) is 87.4 cm³/mol. The van der Waals surface area contributed by atoms with Gasteiger partial charge in [0.15, 0.2) is 16.6 Å². The SMILES string of the molecule is CCCCNC(=S)NN=Cc1cc(OC)c(O)c(OC)c1. The average molecular weight is 311 g/mol. The lowest BCUT2D eigenvalue weighted by Gasteiger charge is -2.09. The number of hydrazone groups is 1. The highest BCUT2D eigenvalue weighted by atomic mass is 32.1. The van der Waals surface area contributed by atoms with Gasteiger partial charge >= 0.3 is 0 Å². The van der Waals surface area contributed by atoms with Crippen molar-refractivity contribution in [2.75, 3.05) is 20.8 Å². The molecule has 3 N–H and O–H groups in total. The summed E-state index contributed by atoms with van der Waals surface area (Å²) in [7, 11) is 2.95. The summed E-state index contributed by atoms with van der Waals surface area (Å²) < 4.78 is 10.1. The Morgan fingerprint density at radius 3 is 2.48 bits per heavy atom. The number of hydrogen-bond donors (Lipinski definition) is 3. The minimum absolute atomic E-state index is 0.0399. The Labute approximate surface area is 130 Å². The van der Waals surface area contributed by atoms with Crippen molar-refractivity contribution in [2.24, 2.45) is 5.10 Å². The van der Waals surface area contributed by atoms with Crippen LogP contribution in [0.25, 0.3) is 0 Å². The fourth-order valence-electron chi connectivity index (χ4n) is 1.57. The molecule has 116 valence electrons. The van der Waals surface area contributed by atoms with E-state index in [1.165, 1.54) is 14.2 Å². The summed E-state index contributed by atoms with van der Waals surface area (Å²) in [5, 5.41) is 17.3. The molecule has 0 saturated heterocycles. The zero-order valence-corrected chi connectivity index (χ0v) is 13.3. The van der Waals surface area contributed by atoms with Gasteiger partial charge in [-0.1, -0.05) is 13.3 Å². The molecule has 0 aliphatic carbocycles. The summed E-state index contributed by atoms with van der Waals surface area (Å²) >= 11 is 5.08. The van der Waals surface area contributed by atoms with Gasteiger partial charge in [0.1, 0.15) is 0 Å². The summed E-state index contributed by atoms with van der Waals surface area (Å²) in [4.78, 5) is 0. The van der Waals surface area contributed by atoms with Crippen molar-refractivity contribution in [3.63, 3.8) is 0 Å². The van der Waals surface area contributed by atoms with Gasteiger partial charge in [0.2, 0.25) is 5.75 Å². The van der Waals surface area contributed by atoms with Crippen molar-refractivity contribution in [3.05, 3.63) is 17.7 Å². The van der Waals surface area contributed by atoms with Crippen LogP contribution >= 0.6 is 12.2 Å². The van der Waals surface area contributed by atoms with Gasteiger partial charge in [0, 0.05) is 12.1 Å². The number of rotatable bonds is 7. The van der Waals surface area contributed by atoms with E-state index in [0.717, 1.165) is 19.4 Å². The van der Waals surface area contributed by atoms with Gasteiger partial charge in [-0.3, -0.25) is 5.43 Å². The van der Waals surface area contributed by atoms with Crippen LogP contribution in [0.15, 0.2) is 17.2 Å². The van der Waals surface area contributed by atoms with E-state index in [9.17, 15) is 5.11 Å². The molecule has 0 amide bonds. The zero-order valence-electron chi connectivity index (χ0n) is 12.5. The Kier molecular flexibility index (Phi) is 7.31. The quantitative estimate of drug-likeness (QED) is 0.309. The van der Waals surface area contributed by atoms with Gasteiger partial charge in [0.05, 0.1) is 20.4 Å². The fourth-order valence-corrected chi connectivity index (χ4v) is 1.73. The lowest BCUT2D eigenvalue weighted by Crippen LogP contribution is -2.32. The maximum absolute atomic E-state index is 9.81. The fraction of sp³-hybridized carbons (Fsp3) is 0.429. The molecule has 1 aromatic rings. The number of hydrogen-bond acceptors (Lipinski definition) is 5. The number of nitrogens with one attached hydrogen (secondary N) is 2. The lowest BCUT2D eigenvalue weighted by molar-refractivity contribution is 0.340. The molecule has 7 heteroatoms. The van der Waals surface area contributed by atoms with E-state index in [2.05, 4.69) is 22.8 Å². The van der Waals surface area contributed by atoms with Gasteiger partial charge < -0.3 is 19.9 Å². The Morgan fingerprint density at radius 1 is 1.33 bits per heavy atom. The number of benzene rings is 1. The van der Waals surface area contributed by atoms with E-state index in [4.69, 9.17) is 21.7 Å². The van der Waals surface area contributed by atoms with E-state index in [1.807, 2.05) is 0 Å². The second-order valence-electron chi connectivity index (χ2n) is 4.25. The van der Waals surface area contributed by atoms with Crippen LogP contribution in [0, 0.1) is 0 Å². The number of aromatic hydroxyl groups is 1. The molecule has 0 bridgehead atoms. The Bertz CT molecular complexity index is 481. The third-order valence-corrected chi connectivity index (χ3v) is 2.93. The molecule has 21 heavy (non-hydrogen) atoms. The van der Waals surface area contributed by atoms with E-state index in [0.29, 0.717) is 22.2 Å². The first-order valence-electron chi connectivity index (χ1n) is 6.64. The summed E-state index contributed by atoms with van der Waals surface area (Å²) in [5.41, 5.74) is 3.44. The van der Waals surface area contributed by atoms with Crippen molar-refractivity contribution in [1.82, 2.24) is 10.7 Å². The van der Waals surface area contributed by atoms with Crippen molar-refractivity contribution < 1.29 is 14.6 Å². The molecular weight excluding hydrogens is 290 g/mol. The van der Waals surface area contributed by atoms with Crippen LogP contribution < -0.4 is 20.2 Å². The molecule has 1 rings (SSSR count). The van der Waals surface area contributed by atoms with Gasteiger partial charge in [-0.05, 0) is 30.8 Å². The molecule has 0 aliphatic rings. The smallest absolute Gasteiger partial charge is 0.200 e. The minimum Gasteiger partial charge on any atom is -0.502 e. The third-order valence-electron chi connectivity index (χ3n) is 2.70. The Hall–Kier alpha value is -2.02. The Morgan fingerprint density at radius 2 is 1.95 bits per heavy atom. The molecule has 1 aromatic carbocycles. The van der Waals surface area contributed by atoms with E-state index < -0.39 is 0 Å². The number of phenols is 1. The van der Waals surface area contributed by atoms with Crippen LogP contribution in [0.2, 0.25) is 0 Å². The molecule has 0 heterocycles. The molecule has 0 fully saturated rings. The van der Waals surface area contributed by atoms with Crippen LogP contribution in [-0.2, 0) is 0 Å². The highest BCUT2D eigenvalue weighted by Gasteiger charge is 2.10. The first-order valence-corrected chi connectivity index (χ1v) is 7.05. The second-order valence-corrected chi connectivity index (χ2v) is 4.66. The molecule has 6 nitrogen and oxygen atoms in total. The van der Waals surface area contributed by atoms with Crippen LogP contribution in [0.5, 0.6) is 17.2 Å². The summed E-state index contributed by atoms with van der Waals surface area (Å²) in [6.07, 6.45) is 3.72. The highest BCUT2D eigenvalue weighted by molar-refractivity contribution is 7.80. The monoisotopic (exact) mass is 311 g/mol. The number of ether oxygens (including phenoxy) is 2. The van der Waals surface area contributed by atoms with Gasteiger partial charge in [-0.25, -0.2) is 0 Å². The third kappa shape index (κ3) is 5.47. The van der Waals surface area contributed by atoms with Crippen LogP contribution in [0.4, 0.5) is 0 Å². The maximum atomic E-state index is 9.81. The Balaban J connectivity index is 2.65. The first kappa shape index (κ1) is 17.0. The number of thiocarbonyl (C=S) groups is 1. The summed E-state index contributed by atoms with van der Waals surface area (Å²) in [6, 6.07) is 3.30. The molecule has 0 unspecified atom stereocenters. The standard InChI is InChI=1S/C14H21N3O3S/c1-4-5-6-15-14(21)17-16-9-10-7-11(19-2)13(18)12(8-10)20-3/h7-9,18H,4-6H2,1-3H3,(H2,15,17,21). The number of unbranched alkanes of at least 4 members (excludes halogenated alkanes) is 1. The molecule has 0 spiro atoms. The summed E-state index contributed by atoms with van der Waals surface area (Å²) in [5.74, 6) is 0.598. The predicted octanol–water partition coefficient (Wildman–Crippen LogP) is 2.01. The van der Waals surface area contributed by atoms with E-state index >= 15 is 0 Å². The molecule has 0 saturated carbocycles. The van der Waals surface area contributed by atoms with Gasteiger partial charge in [0.25, 0.3) is 0 Å². The van der Waals surface area contributed by atoms with Gasteiger partial charge in [-0.15, -0.1) is 0 Å². The topological polar surface area (TPSA) is 75.1 Å². The number of phenolic OH excluding ortho intramolecular Hbond substituents is 1. The summed E-state index contributed by atoms with van der Waals surface area (Å²) in [6.45, 7) is 2.93. The van der Waals surface area contributed by atoms with E-state index in [-0.39, 0.29) is 5.75 Å². The molecular formula is C14H21N3O3S. The average Bonchev–Trinajstić information content (AvgIpc) is 2.48. The molecule has 0 radical (unpaired) electrons. The van der Waals surface area contributed by atoms with Gasteiger partial charge in [-0.2, -0.15) is 5.10 Å². The normalized spacial score (nSPS) is 10.4. The molecule has 0 atom stereocenters. The number of methoxy groups -OCH3 is 2. The largest absolute Gasteiger partial charge is 0.502 e. The maximum Gasteiger partial charge on any atom is 0.200 e. The first-order chi connectivity index (χ1) is 10.1. The van der Waals surface area contributed by atoms with Crippen LogP contribution in [0.3, 0.4) is 0 Å². The molecule has 0 aliphatic heterocycles. The number of nitrogens with zero attached hydrogens (tertiary/aromatic N) is 1. The zero-order chi connectivity index (χ0) is 15.7. The second kappa shape index (κ2) is 9.02. The van der Waals surface area contributed by atoms with Crippen molar-refractivity contribution in [3.8, 4) is 17.2 Å². The van der Waals surface area contributed by atoms with Crippen LogP contribution in [0.1, 0.15) is 25.3 Å². The van der Waals surface area contributed by atoms with Crippen LogP contribution in [-0.4, -0.2) is 37.2 Å². The minimum atomic E-state index is -0.0399. The lowest BCUT2D eigenvalue weighted by atomic mass is 10.2. The highest BCUT2D eigenvalue weighted by Crippen LogP contribution is 2.36. The van der Waals surface area contributed by atoms with Crippen molar-refractivity contribution in [1.29, 1.82) is 0 Å².